The Morgan fingerprint density at radius 3 is 2.47 bits per heavy atom. The fourth-order valence-corrected chi connectivity index (χ4v) is 1.38. The number of carboxylic acid groups (broad SMARTS) is 1. The zero-order valence-corrected chi connectivity index (χ0v) is 9.82. The SMILES string of the molecule is COc1nc(OC(F)(F)F)c(CN)cc1CC(=O)O. The Labute approximate surface area is 105 Å². The van der Waals surface area contributed by atoms with Gasteiger partial charge in [0.2, 0.25) is 11.8 Å². The number of carboxylic acids is 1. The topological polar surface area (TPSA) is 94.7 Å². The lowest BCUT2D eigenvalue weighted by Gasteiger charge is -2.14. The molecule has 0 saturated carbocycles. The van der Waals surface area contributed by atoms with Crippen molar-refractivity contribution >= 4 is 5.97 Å². The average Bonchev–Trinajstić information content (AvgIpc) is 2.27. The molecule has 19 heavy (non-hydrogen) atoms. The van der Waals surface area contributed by atoms with E-state index in [4.69, 9.17) is 15.6 Å². The van der Waals surface area contributed by atoms with Gasteiger partial charge < -0.3 is 20.3 Å². The smallest absolute Gasteiger partial charge is 0.481 e. The van der Waals surface area contributed by atoms with Gasteiger partial charge in [0.1, 0.15) is 0 Å². The van der Waals surface area contributed by atoms with E-state index in [1.807, 2.05) is 0 Å². The Balaban J connectivity index is 3.22. The number of pyridine rings is 1. The van der Waals surface area contributed by atoms with E-state index in [2.05, 4.69) is 9.72 Å². The second-order valence-electron chi connectivity index (χ2n) is 3.44. The summed E-state index contributed by atoms with van der Waals surface area (Å²) in [6.07, 6.45) is -5.37. The molecule has 6 nitrogen and oxygen atoms in total. The van der Waals surface area contributed by atoms with Crippen molar-refractivity contribution in [2.24, 2.45) is 5.73 Å². The largest absolute Gasteiger partial charge is 0.574 e. The van der Waals surface area contributed by atoms with Gasteiger partial charge in [-0.25, -0.2) is 0 Å². The summed E-state index contributed by atoms with van der Waals surface area (Å²) in [6.45, 7) is -0.283. The second kappa shape index (κ2) is 5.74. The van der Waals surface area contributed by atoms with Crippen molar-refractivity contribution in [3.05, 3.63) is 17.2 Å². The van der Waals surface area contributed by atoms with Crippen molar-refractivity contribution in [2.75, 3.05) is 7.11 Å². The molecule has 0 atom stereocenters. The summed E-state index contributed by atoms with van der Waals surface area (Å²) in [5, 5.41) is 8.68. The number of ether oxygens (including phenoxy) is 2. The Hall–Kier alpha value is -2.03. The highest BCUT2D eigenvalue weighted by molar-refractivity contribution is 5.71. The van der Waals surface area contributed by atoms with E-state index in [0.717, 1.165) is 7.11 Å². The molecule has 1 aromatic rings. The van der Waals surface area contributed by atoms with Crippen LogP contribution in [0.1, 0.15) is 11.1 Å². The third-order valence-electron chi connectivity index (χ3n) is 2.07. The Bertz CT molecular complexity index is 477. The van der Waals surface area contributed by atoms with E-state index in [-0.39, 0.29) is 23.6 Å². The molecule has 0 aliphatic carbocycles. The molecule has 3 N–H and O–H groups in total. The summed E-state index contributed by atoms with van der Waals surface area (Å²) < 4.78 is 44.9. The van der Waals surface area contributed by atoms with Crippen LogP contribution >= 0.6 is 0 Å². The van der Waals surface area contributed by atoms with Crippen LogP contribution in [0.5, 0.6) is 11.8 Å². The van der Waals surface area contributed by atoms with Gasteiger partial charge in [-0.3, -0.25) is 4.79 Å². The van der Waals surface area contributed by atoms with Crippen molar-refractivity contribution in [2.45, 2.75) is 19.3 Å². The number of hydrogen-bond acceptors (Lipinski definition) is 5. The first-order chi connectivity index (χ1) is 8.76. The van der Waals surface area contributed by atoms with Gasteiger partial charge in [0.05, 0.1) is 13.5 Å². The highest BCUT2D eigenvalue weighted by Crippen LogP contribution is 2.29. The molecule has 0 spiro atoms. The molecule has 1 rings (SSSR count). The first-order valence-electron chi connectivity index (χ1n) is 5.01. The van der Waals surface area contributed by atoms with Gasteiger partial charge in [-0.05, 0) is 6.07 Å². The average molecular weight is 280 g/mol. The minimum atomic E-state index is -4.92. The fraction of sp³-hybridized carbons (Fsp3) is 0.400. The summed E-state index contributed by atoms with van der Waals surface area (Å²) in [4.78, 5) is 14.1. The number of aromatic nitrogens is 1. The molecule has 0 fully saturated rings. The van der Waals surface area contributed by atoms with Crippen LogP contribution in [0.4, 0.5) is 13.2 Å². The number of halogens is 3. The highest BCUT2D eigenvalue weighted by Gasteiger charge is 2.33. The van der Waals surface area contributed by atoms with E-state index < -0.39 is 24.6 Å². The molecule has 0 saturated heterocycles. The number of alkyl halides is 3. The van der Waals surface area contributed by atoms with Crippen molar-refractivity contribution < 1.29 is 32.5 Å². The van der Waals surface area contributed by atoms with Crippen LogP contribution in [-0.4, -0.2) is 29.5 Å². The van der Waals surface area contributed by atoms with E-state index >= 15 is 0 Å². The number of aliphatic carboxylic acids is 1. The van der Waals surface area contributed by atoms with Gasteiger partial charge in [-0.2, -0.15) is 4.98 Å². The molecule has 0 amide bonds. The van der Waals surface area contributed by atoms with Gasteiger partial charge in [0, 0.05) is 17.7 Å². The molecule has 0 aliphatic rings. The molecule has 106 valence electrons. The number of nitrogens with zero attached hydrogens (tertiary/aromatic N) is 1. The zero-order chi connectivity index (χ0) is 14.6. The number of rotatable bonds is 5. The molecule has 0 unspecified atom stereocenters. The predicted molar refractivity (Wildman–Crippen MR) is 56.7 cm³/mol. The van der Waals surface area contributed by atoms with Crippen LogP contribution in [0.15, 0.2) is 6.07 Å². The summed E-state index contributed by atoms with van der Waals surface area (Å²) in [5.41, 5.74) is 5.34. The minimum Gasteiger partial charge on any atom is -0.481 e. The predicted octanol–water partition coefficient (Wildman–Crippen LogP) is 1.07. The fourth-order valence-electron chi connectivity index (χ4n) is 1.38. The molecule has 0 bridgehead atoms. The number of carbonyl (C=O) groups is 1. The first kappa shape index (κ1) is 15.0. The molecule has 9 heteroatoms. The van der Waals surface area contributed by atoms with Crippen LogP contribution in [0.3, 0.4) is 0 Å². The quantitative estimate of drug-likeness (QED) is 0.838. The molecular weight excluding hydrogens is 269 g/mol. The van der Waals surface area contributed by atoms with Crippen molar-refractivity contribution in [1.82, 2.24) is 4.98 Å². The van der Waals surface area contributed by atoms with Gasteiger partial charge >= 0.3 is 12.3 Å². The number of nitrogens with two attached hydrogens (primary N) is 1. The van der Waals surface area contributed by atoms with Crippen LogP contribution in [0.25, 0.3) is 0 Å². The molecule has 0 aromatic carbocycles. The molecular formula is C10H11F3N2O4. The summed E-state index contributed by atoms with van der Waals surface area (Å²) in [7, 11) is 1.16. The van der Waals surface area contributed by atoms with Crippen LogP contribution < -0.4 is 15.2 Å². The lowest BCUT2D eigenvalue weighted by molar-refractivity contribution is -0.276. The maximum absolute atomic E-state index is 12.2. The van der Waals surface area contributed by atoms with E-state index in [9.17, 15) is 18.0 Å². The Morgan fingerprint density at radius 1 is 1.42 bits per heavy atom. The van der Waals surface area contributed by atoms with Crippen molar-refractivity contribution in [3.63, 3.8) is 0 Å². The number of methoxy groups -OCH3 is 1. The van der Waals surface area contributed by atoms with Gasteiger partial charge in [-0.15, -0.1) is 13.2 Å². The van der Waals surface area contributed by atoms with E-state index in [1.54, 1.807) is 0 Å². The zero-order valence-electron chi connectivity index (χ0n) is 9.82. The minimum absolute atomic E-state index is 0.0608. The van der Waals surface area contributed by atoms with Gasteiger partial charge in [0.15, 0.2) is 0 Å². The maximum Gasteiger partial charge on any atom is 0.574 e. The molecule has 0 aliphatic heterocycles. The summed E-state index contributed by atoms with van der Waals surface area (Å²) in [5.74, 6) is -2.17. The first-order valence-corrected chi connectivity index (χ1v) is 5.01. The third-order valence-corrected chi connectivity index (χ3v) is 2.07. The van der Waals surface area contributed by atoms with Crippen LogP contribution in [0.2, 0.25) is 0 Å². The van der Waals surface area contributed by atoms with Crippen LogP contribution in [0, 0.1) is 0 Å². The molecule has 0 radical (unpaired) electrons. The van der Waals surface area contributed by atoms with Crippen molar-refractivity contribution in [3.8, 4) is 11.8 Å². The lowest BCUT2D eigenvalue weighted by Crippen LogP contribution is -2.20. The monoisotopic (exact) mass is 280 g/mol. The lowest BCUT2D eigenvalue weighted by atomic mass is 10.1. The Morgan fingerprint density at radius 2 is 2.05 bits per heavy atom. The molecule has 1 heterocycles. The van der Waals surface area contributed by atoms with Gasteiger partial charge in [0.25, 0.3) is 0 Å². The van der Waals surface area contributed by atoms with E-state index in [0.29, 0.717) is 0 Å². The van der Waals surface area contributed by atoms with Crippen molar-refractivity contribution in [1.29, 1.82) is 0 Å². The van der Waals surface area contributed by atoms with Gasteiger partial charge in [-0.1, -0.05) is 0 Å². The normalized spacial score (nSPS) is 11.2. The molecule has 1 aromatic heterocycles. The second-order valence-corrected chi connectivity index (χ2v) is 3.44. The maximum atomic E-state index is 12.2. The number of hydrogen-bond donors (Lipinski definition) is 2. The van der Waals surface area contributed by atoms with Crippen LogP contribution in [-0.2, 0) is 17.8 Å². The summed E-state index contributed by atoms with van der Waals surface area (Å²) >= 11 is 0. The third kappa shape index (κ3) is 4.28. The summed E-state index contributed by atoms with van der Waals surface area (Å²) in [6, 6.07) is 1.17. The highest BCUT2D eigenvalue weighted by atomic mass is 19.4. The van der Waals surface area contributed by atoms with E-state index in [1.165, 1.54) is 6.07 Å². The standard InChI is InChI=1S/C10H11F3N2O4/c1-18-8-5(3-7(16)17)2-6(4-14)9(15-8)19-10(11,12)13/h2H,3-4,14H2,1H3,(H,16,17). The Kier molecular flexibility index (Phi) is 4.54.